The van der Waals surface area contributed by atoms with Crippen LogP contribution in [0.5, 0.6) is 0 Å². The maximum absolute atomic E-state index is 2.66. The number of rotatable bonds is 14. The van der Waals surface area contributed by atoms with Crippen LogP contribution in [0.3, 0.4) is 0 Å². The van der Waals surface area contributed by atoms with Crippen molar-refractivity contribution in [2.24, 2.45) is 0 Å². The number of benzene rings is 11. The number of hydrogen-bond acceptors (Lipinski definition) is 6. The van der Waals surface area contributed by atoms with E-state index in [0.717, 1.165) is 58.3 Å². The number of aryl methyl sites for hydroxylation is 2. The van der Waals surface area contributed by atoms with Gasteiger partial charge in [-0.15, -0.1) is 0 Å². The first kappa shape index (κ1) is 61.1. The Balaban J connectivity index is 1.00. The highest BCUT2D eigenvalue weighted by Gasteiger charge is 2.47. The molecule has 0 spiro atoms. The normalized spacial score (nSPS) is 13.4. The highest BCUT2D eigenvalue weighted by Crippen LogP contribution is 2.51. The van der Waals surface area contributed by atoms with Crippen molar-refractivity contribution in [3.8, 4) is 0 Å². The zero-order valence-electron chi connectivity index (χ0n) is 53.7. The third-order valence-electron chi connectivity index (χ3n) is 19.1. The average molecular weight is 1460 g/mol. The van der Waals surface area contributed by atoms with Gasteiger partial charge in [0.15, 0.2) is 0 Å². The Bertz CT molecular complexity index is 4600. The van der Waals surface area contributed by atoms with Gasteiger partial charge in [-0.3, -0.25) is 0 Å². The van der Waals surface area contributed by atoms with Crippen molar-refractivity contribution >= 4 is 183 Å². The minimum absolute atomic E-state index is 0.0115. The molecule has 4 nitrogen and oxygen atoms in total. The van der Waals surface area contributed by atoms with E-state index < -0.39 is 0 Å². The lowest BCUT2D eigenvalue weighted by Crippen LogP contribution is -2.64. The molecule has 0 aromatic heterocycles. The molecule has 454 valence electrons. The molecule has 15 rings (SSSR count). The van der Waals surface area contributed by atoms with Gasteiger partial charge in [-0.2, -0.15) is 0 Å². The number of hydrogen-bond donors (Lipinski definition) is 0. The van der Waals surface area contributed by atoms with Gasteiger partial charge >= 0.3 is 0 Å². The van der Waals surface area contributed by atoms with Crippen LogP contribution in [0.1, 0.15) is 103 Å². The summed E-state index contributed by atoms with van der Waals surface area (Å²) in [4.78, 5) is 15.4. The third-order valence-corrected chi connectivity index (χ3v) is 22.9. The number of halogens is 2. The lowest BCUT2D eigenvalue weighted by molar-refractivity contribution is 0.590. The summed E-state index contributed by atoms with van der Waals surface area (Å²) in [5, 5.41) is 0. The molecule has 4 heterocycles. The van der Waals surface area contributed by atoms with Gasteiger partial charge in [0.2, 0.25) is 13.4 Å². The van der Waals surface area contributed by atoms with Gasteiger partial charge in [0, 0.05) is 95.0 Å². The summed E-state index contributed by atoms with van der Waals surface area (Å²) in [7, 11) is 0. The van der Waals surface area contributed by atoms with E-state index in [9.17, 15) is 0 Å². The molecule has 0 saturated carbocycles. The van der Waals surface area contributed by atoms with Gasteiger partial charge in [0.05, 0.1) is 0 Å². The Kier molecular flexibility index (Phi) is 16.4. The van der Waals surface area contributed by atoms with Crippen molar-refractivity contribution < 1.29 is 0 Å². The first-order valence-electron chi connectivity index (χ1n) is 32.8. The topological polar surface area (TPSA) is 13.0 Å². The van der Waals surface area contributed by atoms with Gasteiger partial charge in [0.25, 0.3) is 0 Å². The fourth-order valence-electron chi connectivity index (χ4n) is 14.3. The molecule has 0 unspecified atom stereocenters. The van der Waals surface area contributed by atoms with Crippen molar-refractivity contribution in [1.29, 1.82) is 0 Å². The SMILES string of the molecule is CCCCc1ccc(N(c2ccc(I)cc2)c2cc3c4c(c2)N(c2ccc(I)cc2)c2cc5c(cc2B4c2ccccc2S3)B2c3ccccc3Sc3cc(N(c4ccc(CCCC)cc4)c4ccc(C(C)(C)C)cc4)cc(c32)N5c2ccc(C(C)(C)C)cc2)cc1. The summed E-state index contributed by atoms with van der Waals surface area (Å²) in [6, 6.07) is 89.7. The molecule has 0 amide bonds. The maximum Gasteiger partial charge on any atom is 0.249 e. The third kappa shape index (κ3) is 11.2. The van der Waals surface area contributed by atoms with Crippen molar-refractivity contribution in [1.82, 2.24) is 0 Å². The van der Waals surface area contributed by atoms with Crippen LogP contribution in [0.15, 0.2) is 250 Å². The molecule has 92 heavy (non-hydrogen) atoms. The molecule has 0 saturated heterocycles. The fourth-order valence-corrected chi connectivity index (χ4v) is 17.5. The molecule has 0 N–H and O–H groups in total. The van der Waals surface area contributed by atoms with E-state index in [0.29, 0.717) is 0 Å². The lowest BCUT2D eigenvalue weighted by Gasteiger charge is -2.45. The van der Waals surface area contributed by atoms with Crippen LogP contribution in [0.4, 0.5) is 68.2 Å². The number of anilines is 12. The summed E-state index contributed by atoms with van der Waals surface area (Å²) in [6.07, 6.45) is 6.84. The Morgan fingerprint density at radius 1 is 0.359 bits per heavy atom. The predicted octanol–water partition coefficient (Wildman–Crippen LogP) is 20.6. The first-order valence-corrected chi connectivity index (χ1v) is 36.6. The number of unbranched alkanes of at least 4 members (excludes halogenated alkanes) is 2. The van der Waals surface area contributed by atoms with Gasteiger partial charge in [-0.1, -0.05) is 194 Å². The Morgan fingerprint density at radius 3 is 1.12 bits per heavy atom. The monoisotopic (exact) mass is 1450 g/mol. The van der Waals surface area contributed by atoms with E-state index in [1.165, 1.54) is 130 Å². The summed E-state index contributed by atoms with van der Waals surface area (Å²) in [6.45, 7) is 18.4. The molecule has 0 bridgehead atoms. The average Bonchev–Trinajstić information content (AvgIpc) is 0.697. The van der Waals surface area contributed by atoms with Crippen molar-refractivity contribution in [3.05, 3.63) is 260 Å². The van der Waals surface area contributed by atoms with Crippen molar-refractivity contribution in [2.45, 2.75) is 124 Å². The minimum atomic E-state index is -0.0478. The second-order valence-corrected chi connectivity index (χ2v) is 32.0. The zero-order valence-corrected chi connectivity index (χ0v) is 59.6. The van der Waals surface area contributed by atoms with E-state index in [1.807, 2.05) is 23.5 Å². The molecular weight excluding hydrogens is 1380 g/mol. The standard InChI is InChI=1S/C82H74B2I2N4S2/c1-9-11-17-53-23-35-59(36-24-53)87(61-39-27-55(28-40-61)81(3,4)5)65-47-73-79-77(49-65)91-75-21-15-13-19-67(75)83(79)69-51-70-72(52-71(69)89(73)63-41-29-56(30-42-63)82(6,7)8)90(64-45-33-58(86)34-46-64)74-48-66(50-78-80(74)84(70)68-20-14-16-22-76(68)92-78)88(62-43-31-57(85)32-44-62)60-37-25-54(26-38-60)18-12-10-2/h13-16,19-52H,9-12,17-18H2,1-8H3. The summed E-state index contributed by atoms with van der Waals surface area (Å²) in [5.74, 6) is 0. The van der Waals surface area contributed by atoms with Gasteiger partial charge in [-0.05, 0) is 265 Å². The van der Waals surface area contributed by atoms with E-state index in [4.69, 9.17) is 0 Å². The second kappa shape index (κ2) is 24.7. The molecule has 4 aliphatic heterocycles. The molecule has 10 heteroatoms. The van der Waals surface area contributed by atoms with E-state index in [1.54, 1.807) is 0 Å². The fraction of sp³-hybridized carbons (Fsp3) is 0.195. The van der Waals surface area contributed by atoms with Crippen molar-refractivity contribution in [2.75, 3.05) is 19.6 Å². The zero-order chi connectivity index (χ0) is 63.2. The summed E-state index contributed by atoms with van der Waals surface area (Å²) < 4.78 is 2.41. The number of fused-ring (bicyclic) bond motifs is 8. The largest absolute Gasteiger partial charge is 0.311 e. The maximum atomic E-state index is 2.66. The van der Waals surface area contributed by atoms with Gasteiger partial charge in [-0.25, -0.2) is 0 Å². The van der Waals surface area contributed by atoms with E-state index in [-0.39, 0.29) is 24.3 Å². The summed E-state index contributed by atoms with van der Waals surface area (Å²) in [5.41, 5.74) is 27.3. The smallest absolute Gasteiger partial charge is 0.249 e. The quantitative estimate of drug-likeness (QED) is 0.0789. The predicted molar refractivity (Wildman–Crippen MR) is 416 cm³/mol. The Morgan fingerprint density at radius 2 is 0.717 bits per heavy atom. The van der Waals surface area contributed by atoms with Crippen molar-refractivity contribution in [3.63, 3.8) is 0 Å². The molecular formula is C82H74B2I2N4S2. The van der Waals surface area contributed by atoms with Crippen LogP contribution in [0.25, 0.3) is 0 Å². The van der Waals surface area contributed by atoms with Crippen LogP contribution in [-0.2, 0) is 23.7 Å². The van der Waals surface area contributed by atoms with Crippen LogP contribution in [0.2, 0.25) is 0 Å². The second-order valence-electron chi connectivity index (χ2n) is 27.3. The Labute approximate surface area is 581 Å². The highest BCUT2D eigenvalue weighted by molar-refractivity contribution is 14.1. The van der Waals surface area contributed by atoms with Crippen LogP contribution >= 0.6 is 68.7 Å². The van der Waals surface area contributed by atoms with Gasteiger partial charge < -0.3 is 19.6 Å². The van der Waals surface area contributed by atoms with Crippen LogP contribution in [0, 0.1) is 7.14 Å². The molecule has 0 aliphatic carbocycles. The number of nitrogens with zero attached hydrogens (tertiary/aromatic N) is 4. The van der Waals surface area contributed by atoms with E-state index >= 15 is 0 Å². The molecule has 0 fully saturated rings. The molecule has 11 aromatic rings. The lowest BCUT2D eigenvalue weighted by atomic mass is 9.31. The van der Waals surface area contributed by atoms with E-state index in [2.05, 4.69) is 351 Å². The van der Waals surface area contributed by atoms with Crippen LogP contribution in [-0.4, -0.2) is 13.4 Å². The molecule has 11 aromatic carbocycles. The first-order chi connectivity index (χ1) is 44.6. The molecule has 0 atom stereocenters. The highest BCUT2D eigenvalue weighted by atomic mass is 127. The summed E-state index contributed by atoms with van der Waals surface area (Å²) >= 11 is 8.76. The Hall–Kier alpha value is -7.09. The van der Waals surface area contributed by atoms with Gasteiger partial charge in [0.1, 0.15) is 0 Å². The molecule has 4 aliphatic rings. The van der Waals surface area contributed by atoms with Crippen LogP contribution < -0.4 is 52.4 Å². The minimum Gasteiger partial charge on any atom is -0.311 e. The molecule has 0 radical (unpaired) electrons.